The molecule has 2 amide bonds. The Labute approximate surface area is 141 Å². The molecule has 0 radical (unpaired) electrons. The van der Waals surface area contributed by atoms with Crippen molar-refractivity contribution in [2.24, 2.45) is 0 Å². The number of nitrogens with zero attached hydrogens (tertiary/aromatic N) is 1. The Hall–Kier alpha value is -2.82. The van der Waals surface area contributed by atoms with Crippen LogP contribution >= 0.6 is 0 Å². The summed E-state index contributed by atoms with van der Waals surface area (Å²) in [4.78, 5) is 26.0. The van der Waals surface area contributed by atoms with E-state index in [-0.39, 0.29) is 11.8 Å². The van der Waals surface area contributed by atoms with Gasteiger partial charge in [0.1, 0.15) is 0 Å². The van der Waals surface area contributed by atoms with Gasteiger partial charge in [-0.25, -0.2) is 0 Å². The van der Waals surface area contributed by atoms with Gasteiger partial charge in [-0.3, -0.25) is 9.59 Å². The number of rotatable bonds is 4. The molecule has 2 N–H and O–H groups in total. The molecule has 5 nitrogen and oxygen atoms in total. The molecule has 3 rings (SSSR count). The molecule has 0 bridgehead atoms. The molecule has 0 unspecified atom stereocenters. The smallest absolute Gasteiger partial charge is 0.255 e. The molecule has 2 aromatic rings. The van der Waals surface area contributed by atoms with E-state index >= 15 is 0 Å². The number of hydrogen-bond donors (Lipinski definition) is 2. The largest absolute Gasteiger partial charge is 0.370 e. The number of carbonyl (C=O) groups is 2. The summed E-state index contributed by atoms with van der Waals surface area (Å²) in [6.07, 6.45) is 2.36. The summed E-state index contributed by atoms with van der Waals surface area (Å²) in [5, 5.41) is 5.68. The molecule has 1 saturated heterocycles. The summed E-state index contributed by atoms with van der Waals surface area (Å²) >= 11 is 0. The number of carbonyl (C=O) groups excluding carboxylic acids is 2. The average Bonchev–Trinajstić information content (AvgIpc) is 3.09. The molecule has 1 aliphatic heterocycles. The third kappa shape index (κ3) is 3.74. The summed E-state index contributed by atoms with van der Waals surface area (Å²) in [5.41, 5.74) is 3.00. The molecule has 0 saturated carbocycles. The SMILES string of the molecule is CC(=O)Nc1cccc(C(=O)Nc2ccccc2N2CCCC2)c1. The van der Waals surface area contributed by atoms with Crippen LogP contribution in [0.3, 0.4) is 0 Å². The van der Waals surface area contributed by atoms with Gasteiger partial charge in [0.15, 0.2) is 0 Å². The molecule has 5 heteroatoms. The van der Waals surface area contributed by atoms with Crippen molar-refractivity contribution < 1.29 is 9.59 Å². The van der Waals surface area contributed by atoms with E-state index in [9.17, 15) is 9.59 Å². The minimum Gasteiger partial charge on any atom is -0.370 e. The number of para-hydroxylation sites is 2. The van der Waals surface area contributed by atoms with Crippen LogP contribution in [0.25, 0.3) is 0 Å². The van der Waals surface area contributed by atoms with E-state index in [1.807, 2.05) is 24.3 Å². The second-order valence-electron chi connectivity index (χ2n) is 5.93. The first-order chi connectivity index (χ1) is 11.6. The third-order valence-electron chi connectivity index (χ3n) is 4.04. The quantitative estimate of drug-likeness (QED) is 0.905. The topological polar surface area (TPSA) is 61.4 Å². The summed E-state index contributed by atoms with van der Waals surface area (Å²) in [6.45, 7) is 3.48. The lowest BCUT2D eigenvalue weighted by molar-refractivity contribution is -0.114. The van der Waals surface area contributed by atoms with Gasteiger partial charge in [0.25, 0.3) is 5.91 Å². The average molecular weight is 323 g/mol. The van der Waals surface area contributed by atoms with Crippen molar-refractivity contribution in [2.75, 3.05) is 28.6 Å². The van der Waals surface area contributed by atoms with Crippen molar-refractivity contribution in [3.05, 3.63) is 54.1 Å². The minimum atomic E-state index is -0.186. The van der Waals surface area contributed by atoms with Gasteiger partial charge >= 0.3 is 0 Å². The van der Waals surface area contributed by atoms with Gasteiger partial charge in [0.05, 0.1) is 11.4 Å². The second-order valence-corrected chi connectivity index (χ2v) is 5.93. The van der Waals surface area contributed by atoms with Crippen LogP contribution in [0, 0.1) is 0 Å². The first-order valence-electron chi connectivity index (χ1n) is 8.16. The fourth-order valence-electron chi connectivity index (χ4n) is 2.95. The second kappa shape index (κ2) is 7.17. The van der Waals surface area contributed by atoms with Crippen LogP contribution in [0.2, 0.25) is 0 Å². The number of benzene rings is 2. The van der Waals surface area contributed by atoms with Gasteiger partial charge in [0.2, 0.25) is 5.91 Å². The monoisotopic (exact) mass is 323 g/mol. The lowest BCUT2D eigenvalue weighted by atomic mass is 10.1. The predicted octanol–water partition coefficient (Wildman–Crippen LogP) is 3.50. The van der Waals surface area contributed by atoms with Crippen LogP contribution in [0.4, 0.5) is 17.1 Å². The fourth-order valence-corrected chi connectivity index (χ4v) is 2.95. The Morgan fingerprint density at radius 1 is 0.958 bits per heavy atom. The maximum absolute atomic E-state index is 12.6. The van der Waals surface area contributed by atoms with Crippen LogP contribution in [-0.2, 0) is 4.79 Å². The Kier molecular flexibility index (Phi) is 4.79. The van der Waals surface area contributed by atoms with E-state index in [0.717, 1.165) is 24.5 Å². The van der Waals surface area contributed by atoms with Gasteiger partial charge in [-0.15, -0.1) is 0 Å². The molecule has 0 aliphatic carbocycles. The Morgan fingerprint density at radius 2 is 1.71 bits per heavy atom. The normalized spacial score (nSPS) is 13.6. The maximum atomic E-state index is 12.6. The molecule has 1 heterocycles. The highest BCUT2D eigenvalue weighted by molar-refractivity contribution is 6.06. The van der Waals surface area contributed by atoms with Crippen LogP contribution in [0.5, 0.6) is 0 Å². The van der Waals surface area contributed by atoms with E-state index in [1.165, 1.54) is 19.8 Å². The molecule has 0 spiro atoms. The highest BCUT2D eigenvalue weighted by Crippen LogP contribution is 2.29. The number of anilines is 3. The highest BCUT2D eigenvalue weighted by Gasteiger charge is 2.17. The molecule has 1 aliphatic rings. The van der Waals surface area contributed by atoms with E-state index in [1.54, 1.807) is 24.3 Å². The van der Waals surface area contributed by atoms with Gasteiger partial charge in [0, 0.05) is 31.3 Å². The predicted molar refractivity (Wildman–Crippen MR) is 96.6 cm³/mol. The summed E-state index contributed by atoms with van der Waals surface area (Å²) in [7, 11) is 0. The molecule has 124 valence electrons. The molecule has 1 fully saturated rings. The van der Waals surface area contributed by atoms with Crippen LogP contribution in [-0.4, -0.2) is 24.9 Å². The third-order valence-corrected chi connectivity index (χ3v) is 4.04. The first kappa shape index (κ1) is 16.1. The lowest BCUT2D eigenvalue weighted by Gasteiger charge is -2.21. The van der Waals surface area contributed by atoms with Gasteiger partial charge in [-0.2, -0.15) is 0 Å². The molecular weight excluding hydrogens is 302 g/mol. The van der Waals surface area contributed by atoms with E-state index in [4.69, 9.17) is 0 Å². The van der Waals surface area contributed by atoms with Gasteiger partial charge < -0.3 is 15.5 Å². The fraction of sp³-hybridized carbons (Fsp3) is 0.263. The van der Waals surface area contributed by atoms with Crippen molar-refractivity contribution >= 4 is 28.9 Å². The maximum Gasteiger partial charge on any atom is 0.255 e. The van der Waals surface area contributed by atoms with E-state index in [2.05, 4.69) is 15.5 Å². The Bertz CT molecular complexity index is 752. The van der Waals surface area contributed by atoms with Gasteiger partial charge in [-0.05, 0) is 43.2 Å². The molecular formula is C19H21N3O2. The standard InChI is InChI=1S/C19H21N3O2/c1-14(23)20-16-8-6-7-15(13-16)19(24)21-17-9-2-3-10-18(17)22-11-4-5-12-22/h2-3,6-10,13H,4-5,11-12H2,1H3,(H,20,23)(H,21,24). The first-order valence-corrected chi connectivity index (χ1v) is 8.16. The van der Waals surface area contributed by atoms with E-state index in [0.29, 0.717) is 11.3 Å². The molecule has 24 heavy (non-hydrogen) atoms. The Balaban J connectivity index is 1.79. The molecule has 0 aromatic heterocycles. The lowest BCUT2D eigenvalue weighted by Crippen LogP contribution is -2.21. The zero-order valence-electron chi connectivity index (χ0n) is 13.7. The number of hydrogen-bond acceptors (Lipinski definition) is 3. The number of nitrogens with one attached hydrogen (secondary N) is 2. The zero-order valence-corrected chi connectivity index (χ0v) is 13.7. The number of amides is 2. The van der Waals surface area contributed by atoms with Crippen LogP contribution in [0.1, 0.15) is 30.1 Å². The van der Waals surface area contributed by atoms with Crippen LogP contribution < -0.4 is 15.5 Å². The highest BCUT2D eigenvalue weighted by atomic mass is 16.2. The molecule has 2 aromatic carbocycles. The van der Waals surface area contributed by atoms with E-state index < -0.39 is 0 Å². The Morgan fingerprint density at radius 3 is 2.46 bits per heavy atom. The summed E-state index contributed by atoms with van der Waals surface area (Å²) < 4.78 is 0. The minimum absolute atomic E-state index is 0.160. The van der Waals surface area contributed by atoms with Crippen molar-refractivity contribution in [3.63, 3.8) is 0 Å². The summed E-state index contributed by atoms with van der Waals surface area (Å²) in [6, 6.07) is 14.8. The van der Waals surface area contributed by atoms with Crippen molar-refractivity contribution in [1.29, 1.82) is 0 Å². The van der Waals surface area contributed by atoms with Crippen LogP contribution in [0.15, 0.2) is 48.5 Å². The van der Waals surface area contributed by atoms with Crippen molar-refractivity contribution in [2.45, 2.75) is 19.8 Å². The summed E-state index contributed by atoms with van der Waals surface area (Å²) in [5.74, 6) is -0.346. The zero-order chi connectivity index (χ0) is 16.9. The van der Waals surface area contributed by atoms with Crippen molar-refractivity contribution in [1.82, 2.24) is 0 Å². The van der Waals surface area contributed by atoms with Crippen molar-refractivity contribution in [3.8, 4) is 0 Å². The van der Waals surface area contributed by atoms with Gasteiger partial charge in [-0.1, -0.05) is 18.2 Å². The molecule has 0 atom stereocenters.